The third-order valence-electron chi connectivity index (χ3n) is 4.02. The minimum atomic E-state index is 0.861. The molecule has 0 bridgehead atoms. The summed E-state index contributed by atoms with van der Waals surface area (Å²) in [7, 11) is 0. The molecule has 0 heterocycles. The van der Waals surface area contributed by atoms with E-state index in [-0.39, 0.29) is 0 Å². The normalized spacial score (nSPS) is 24.0. The molecule has 0 atom stereocenters. The Hall–Kier alpha value is 0.310. The Bertz CT molecular complexity index is 172. The highest BCUT2D eigenvalue weighted by Crippen LogP contribution is 2.28. The van der Waals surface area contributed by atoms with Crippen LogP contribution in [0.3, 0.4) is 0 Å². The fourth-order valence-corrected chi connectivity index (χ4v) is 4.30. The first kappa shape index (κ1) is 12.8. The van der Waals surface area contributed by atoms with Gasteiger partial charge in [-0.05, 0) is 44.4 Å². The maximum atomic E-state index is 3.71. The number of hydrogen-bond acceptors (Lipinski definition) is 2. The number of thioether (sulfide) groups is 1. The Morgan fingerprint density at radius 3 is 2.31 bits per heavy atom. The van der Waals surface area contributed by atoms with Crippen molar-refractivity contribution in [2.24, 2.45) is 0 Å². The van der Waals surface area contributed by atoms with Crippen LogP contribution in [0.2, 0.25) is 0 Å². The molecule has 2 aliphatic carbocycles. The Balaban J connectivity index is 1.42. The smallest absolute Gasteiger partial charge is 0.00670 e. The lowest BCUT2D eigenvalue weighted by molar-refractivity contribution is 0.513. The van der Waals surface area contributed by atoms with Gasteiger partial charge in [-0.25, -0.2) is 0 Å². The summed E-state index contributed by atoms with van der Waals surface area (Å²) in [5.74, 6) is 1.38. The van der Waals surface area contributed by atoms with Crippen LogP contribution in [-0.4, -0.2) is 23.6 Å². The van der Waals surface area contributed by atoms with E-state index in [0.717, 1.165) is 11.3 Å². The summed E-state index contributed by atoms with van der Waals surface area (Å²) >= 11 is 2.24. The van der Waals surface area contributed by atoms with Gasteiger partial charge in [0.15, 0.2) is 0 Å². The summed E-state index contributed by atoms with van der Waals surface area (Å²) in [6.45, 7) is 1.25. The van der Waals surface area contributed by atoms with Crippen LogP contribution in [0.5, 0.6) is 0 Å². The quantitative estimate of drug-likeness (QED) is 0.706. The van der Waals surface area contributed by atoms with Crippen molar-refractivity contribution in [2.45, 2.75) is 75.5 Å². The third-order valence-corrected chi connectivity index (χ3v) is 5.48. The summed E-state index contributed by atoms with van der Waals surface area (Å²) in [6, 6.07) is 0.861. The van der Waals surface area contributed by atoms with Crippen molar-refractivity contribution in [3.8, 4) is 0 Å². The van der Waals surface area contributed by atoms with Crippen LogP contribution in [0.1, 0.15) is 64.2 Å². The molecule has 94 valence electrons. The molecule has 1 nitrogen and oxygen atoms in total. The van der Waals surface area contributed by atoms with Crippen molar-refractivity contribution in [1.82, 2.24) is 5.32 Å². The van der Waals surface area contributed by atoms with E-state index >= 15 is 0 Å². The van der Waals surface area contributed by atoms with Gasteiger partial charge in [0.05, 0.1) is 0 Å². The molecule has 0 amide bonds. The molecule has 0 unspecified atom stereocenters. The van der Waals surface area contributed by atoms with Crippen molar-refractivity contribution in [3.63, 3.8) is 0 Å². The van der Waals surface area contributed by atoms with Gasteiger partial charge in [0.25, 0.3) is 0 Å². The highest BCUT2D eigenvalue weighted by Gasteiger charge is 2.14. The Labute approximate surface area is 105 Å². The summed E-state index contributed by atoms with van der Waals surface area (Å²) in [4.78, 5) is 0. The van der Waals surface area contributed by atoms with Crippen molar-refractivity contribution < 1.29 is 0 Å². The van der Waals surface area contributed by atoms with Crippen LogP contribution < -0.4 is 5.32 Å². The highest BCUT2D eigenvalue weighted by molar-refractivity contribution is 7.99. The van der Waals surface area contributed by atoms with Gasteiger partial charge in [-0.2, -0.15) is 11.8 Å². The Kier molecular flexibility index (Phi) is 6.06. The predicted molar refractivity (Wildman–Crippen MR) is 74.2 cm³/mol. The Morgan fingerprint density at radius 2 is 1.56 bits per heavy atom. The van der Waals surface area contributed by atoms with Gasteiger partial charge < -0.3 is 5.32 Å². The van der Waals surface area contributed by atoms with Crippen LogP contribution in [0.15, 0.2) is 0 Å². The van der Waals surface area contributed by atoms with Crippen LogP contribution in [0.4, 0.5) is 0 Å². The largest absolute Gasteiger partial charge is 0.314 e. The molecule has 2 heteroatoms. The maximum Gasteiger partial charge on any atom is 0.00670 e. The van der Waals surface area contributed by atoms with E-state index in [1.165, 1.54) is 76.5 Å². The molecule has 0 saturated heterocycles. The van der Waals surface area contributed by atoms with Gasteiger partial charge in [-0.15, -0.1) is 0 Å². The first-order valence-electron chi connectivity index (χ1n) is 7.30. The summed E-state index contributed by atoms with van der Waals surface area (Å²) in [5.41, 5.74) is 0. The van der Waals surface area contributed by atoms with Gasteiger partial charge in [-0.3, -0.25) is 0 Å². The van der Waals surface area contributed by atoms with Gasteiger partial charge in [0, 0.05) is 11.3 Å². The molecule has 0 aromatic heterocycles. The molecular weight excluding hydrogens is 214 g/mol. The minimum absolute atomic E-state index is 0.861. The first-order valence-corrected chi connectivity index (χ1v) is 8.35. The monoisotopic (exact) mass is 241 g/mol. The molecule has 2 saturated carbocycles. The first-order chi connectivity index (χ1) is 7.95. The number of rotatable bonds is 6. The van der Waals surface area contributed by atoms with Crippen LogP contribution in [-0.2, 0) is 0 Å². The predicted octanol–water partition coefficient (Wildman–Crippen LogP) is 3.97. The van der Waals surface area contributed by atoms with E-state index in [1.54, 1.807) is 0 Å². The molecule has 0 aromatic carbocycles. The van der Waals surface area contributed by atoms with E-state index in [9.17, 15) is 0 Å². The molecule has 0 aliphatic heterocycles. The maximum absolute atomic E-state index is 3.71. The number of hydrogen-bond donors (Lipinski definition) is 1. The van der Waals surface area contributed by atoms with Gasteiger partial charge >= 0.3 is 0 Å². The number of nitrogens with one attached hydrogen (secondary N) is 1. The second kappa shape index (κ2) is 7.60. The Morgan fingerprint density at radius 1 is 0.875 bits per heavy atom. The lowest BCUT2D eigenvalue weighted by Crippen LogP contribution is -2.27. The molecule has 1 N–H and O–H groups in total. The average Bonchev–Trinajstić information content (AvgIpc) is 2.83. The molecule has 16 heavy (non-hydrogen) atoms. The highest BCUT2D eigenvalue weighted by atomic mass is 32.2. The molecule has 2 aliphatic rings. The van der Waals surface area contributed by atoms with Crippen molar-refractivity contribution >= 4 is 11.8 Å². The minimum Gasteiger partial charge on any atom is -0.314 e. The fraction of sp³-hybridized carbons (Fsp3) is 1.00. The standard InChI is InChI=1S/C14H27NS/c1-2-9-14(10-3-1)16-12-6-11-15-13-7-4-5-8-13/h13-15H,1-12H2. The summed E-state index contributed by atoms with van der Waals surface area (Å²) in [6.07, 6.45) is 14.6. The van der Waals surface area contributed by atoms with E-state index in [2.05, 4.69) is 17.1 Å². The molecule has 2 fully saturated rings. The van der Waals surface area contributed by atoms with Gasteiger partial charge in [0.2, 0.25) is 0 Å². The second-order valence-corrected chi connectivity index (χ2v) is 6.83. The molecule has 0 radical (unpaired) electrons. The van der Waals surface area contributed by atoms with Crippen LogP contribution in [0.25, 0.3) is 0 Å². The molecule has 0 aromatic rings. The van der Waals surface area contributed by atoms with Crippen molar-refractivity contribution in [3.05, 3.63) is 0 Å². The zero-order valence-electron chi connectivity index (χ0n) is 10.5. The zero-order valence-corrected chi connectivity index (χ0v) is 11.4. The van der Waals surface area contributed by atoms with E-state index in [1.807, 2.05) is 0 Å². The topological polar surface area (TPSA) is 12.0 Å². The fourth-order valence-electron chi connectivity index (χ4n) is 2.99. The van der Waals surface area contributed by atoms with E-state index in [0.29, 0.717) is 0 Å². The molecule has 0 spiro atoms. The SMILES string of the molecule is C1CCC(SCCCNC2CCCC2)CC1. The van der Waals surface area contributed by atoms with Crippen LogP contribution >= 0.6 is 11.8 Å². The molecule has 2 rings (SSSR count). The second-order valence-electron chi connectivity index (χ2n) is 5.42. The lowest BCUT2D eigenvalue weighted by Gasteiger charge is -2.21. The summed E-state index contributed by atoms with van der Waals surface area (Å²) in [5, 5.41) is 4.71. The zero-order chi connectivity index (χ0) is 11.1. The van der Waals surface area contributed by atoms with E-state index < -0.39 is 0 Å². The molecular formula is C14H27NS. The van der Waals surface area contributed by atoms with Gasteiger partial charge in [-0.1, -0.05) is 32.1 Å². The van der Waals surface area contributed by atoms with Gasteiger partial charge in [0.1, 0.15) is 0 Å². The van der Waals surface area contributed by atoms with Crippen molar-refractivity contribution in [1.29, 1.82) is 0 Å². The van der Waals surface area contributed by atoms with Crippen molar-refractivity contribution in [2.75, 3.05) is 12.3 Å². The lowest BCUT2D eigenvalue weighted by atomic mass is 10.0. The average molecular weight is 241 g/mol. The summed E-state index contributed by atoms with van der Waals surface area (Å²) < 4.78 is 0. The van der Waals surface area contributed by atoms with Crippen LogP contribution in [0, 0.1) is 0 Å². The third kappa shape index (κ3) is 4.67. The van der Waals surface area contributed by atoms with E-state index in [4.69, 9.17) is 0 Å².